The van der Waals surface area contributed by atoms with Gasteiger partial charge in [0.2, 0.25) is 5.91 Å². The summed E-state index contributed by atoms with van der Waals surface area (Å²) in [6, 6.07) is 11.2. The topological polar surface area (TPSA) is 32.3 Å². The standard InChI is InChI=1S/C20H30N2O/c1-16-14-18(9-12-21-16)19(23)22-13-11-20(2,15-22)10-8-17-6-4-3-5-7-17/h3-7,16,18,21H,8-15H2,1-2H3/t16-,18-,20?/m0/s1. The van der Waals surface area contributed by atoms with E-state index < -0.39 is 0 Å². The molecular weight excluding hydrogens is 284 g/mol. The van der Waals surface area contributed by atoms with E-state index in [0.717, 1.165) is 45.3 Å². The Balaban J connectivity index is 1.53. The zero-order valence-electron chi connectivity index (χ0n) is 14.6. The molecule has 1 aromatic carbocycles. The Morgan fingerprint density at radius 3 is 2.87 bits per heavy atom. The van der Waals surface area contributed by atoms with Crippen LogP contribution in [-0.2, 0) is 11.2 Å². The fraction of sp³-hybridized carbons (Fsp3) is 0.650. The lowest BCUT2D eigenvalue weighted by Crippen LogP contribution is -2.44. The van der Waals surface area contributed by atoms with Gasteiger partial charge in [-0.05, 0) is 56.6 Å². The number of piperidine rings is 1. The summed E-state index contributed by atoms with van der Waals surface area (Å²) in [5, 5.41) is 3.44. The molecule has 1 aromatic rings. The summed E-state index contributed by atoms with van der Waals surface area (Å²) in [5.41, 5.74) is 1.69. The molecule has 2 aliphatic heterocycles. The van der Waals surface area contributed by atoms with Crippen molar-refractivity contribution >= 4 is 5.91 Å². The maximum Gasteiger partial charge on any atom is 0.225 e. The Kier molecular flexibility index (Phi) is 5.05. The summed E-state index contributed by atoms with van der Waals surface area (Å²) in [5.74, 6) is 0.643. The predicted molar refractivity (Wildman–Crippen MR) is 94.3 cm³/mol. The van der Waals surface area contributed by atoms with E-state index in [1.165, 1.54) is 12.0 Å². The third kappa shape index (κ3) is 4.14. The van der Waals surface area contributed by atoms with Gasteiger partial charge in [0.1, 0.15) is 0 Å². The molecule has 3 rings (SSSR count). The smallest absolute Gasteiger partial charge is 0.225 e. The number of rotatable bonds is 4. The summed E-state index contributed by atoms with van der Waals surface area (Å²) >= 11 is 0. The second-order valence-corrected chi connectivity index (χ2v) is 7.88. The lowest BCUT2D eigenvalue weighted by Gasteiger charge is -2.31. The van der Waals surface area contributed by atoms with E-state index in [1.807, 2.05) is 0 Å². The van der Waals surface area contributed by atoms with Gasteiger partial charge in [-0.1, -0.05) is 37.3 Å². The molecule has 3 nitrogen and oxygen atoms in total. The second-order valence-electron chi connectivity index (χ2n) is 7.88. The van der Waals surface area contributed by atoms with Crippen LogP contribution in [0, 0.1) is 11.3 Å². The number of nitrogens with zero attached hydrogens (tertiary/aromatic N) is 1. The fourth-order valence-corrected chi connectivity index (χ4v) is 4.12. The number of carbonyl (C=O) groups is 1. The minimum absolute atomic E-state index is 0.239. The van der Waals surface area contributed by atoms with Crippen LogP contribution in [0.15, 0.2) is 30.3 Å². The molecule has 1 amide bonds. The molecule has 3 atom stereocenters. The van der Waals surface area contributed by atoms with E-state index in [9.17, 15) is 4.79 Å². The molecule has 0 bridgehead atoms. The van der Waals surface area contributed by atoms with E-state index in [0.29, 0.717) is 11.9 Å². The molecule has 0 aromatic heterocycles. The van der Waals surface area contributed by atoms with Gasteiger partial charge in [0.25, 0.3) is 0 Å². The molecule has 0 spiro atoms. The molecule has 0 saturated carbocycles. The minimum Gasteiger partial charge on any atom is -0.342 e. The maximum atomic E-state index is 12.8. The van der Waals surface area contributed by atoms with Crippen molar-refractivity contribution in [2.24, 2.45) is 11.3 Å². The molecule has 1 N–H and O–H groups in total. The van der Waals surface area contributed by atoms with E-state index >= 15 is 0 Å². The van der Waals surface area contributed by atoms with Crippen molar-refractivity contribution < 1.29 is 4.79 Å². The van der Waals surface area contributed by atoms with Crippen LogP contribution < -0.4 is 5.32 Å². The Morgan fingerprint density at radius 1 is 1.35 bits per heavy atom. The van der Waals surface area contributed by atoms with Crippen molar-refractivity contribution in [1.82, 2.24) is 10.2 Å². The molecule has 2 fully saturated rings. The maximum absolute atomic E-state index is 12.8. The Hall–Kier alpha value is -1.35. The average Bonchev–Trinajstić information content (AvgIpc) is 2.96. The van der Waals surface area contributed by atoms with E-state index in [1.54, 1.807) is 0 Å². The van der Waals surface area contributed by atoms with Crippen LogP contribution in [0.1, 0.15) is 45.1 Å². The summed E-state index contributed by atoms with van der Waals surface area (Å²) in [7, 11) is 0. The zero-order valence-corrected chi connectivity index (χ0v) is 14.6. The second kappa shape index (κ2) is 7.04. The van der Waals surface area contributed by atoms with Crippen LogP contribution in [0.25, 0.3) is 0 Å². The fourth-order valence-electron chi connectivity index (χ4n) is 4.12. The highest BCUT2D eigenvalue weighted by atomic mass is 16.2. The first-order valence-electron chi connectivity index (χ1n) is 9.12. The summed E-state index contributed by atoms with van der Waals surface area (Å²) in [4.78, 5) is 15.0. The zero-order chi connectivity index (χ0) is 16.3. The van der Waals surface area contributed by atoms with Crippen LogP contribution in [0.5, 0.6) is 0 Å². The van der Waals surface area contributed by atoms with Gasteiger partial charge in [-0.2, -0.15) is 0 Å². The number of benzene rings is 1. The van der Waals surface area contributed by atoms with Crippen LogP contribution in [-0.4, -0.2) is 36.5 Å². The van der Waals surface area contributed by atoms with Crippen molar-refractivity contribution in [1.29, 1.82) is 0 Å². The van der Waals surface area contributed by atoms with Gasteiger partial charge in [0, 0.05) is 25.0 Å². The molecule has 3 heteroatoms. The number of hydrogen-bond acceptors (Lipinski definition) is 2. The van der Waals surface area contributed by atoms with Crippen molar-refractivity contribution in [3.8, 4) is 0 Å². The highest BCUT2D eigenvalue weighted by molar-refractivity contribution is 5.79. The lowest BCUT2D eigenvalue weighted by atomic mass is 9.83. The summed E-state index contributed by atoms with van der Waals surface area (Å²) in [6.45, 7) is 7.41. The number of hydrogen-bond donors (Lipinski definition) is 1. The number of nitrogens with one attached hydrogen (secondary N) is 1. The highest BCUT2D eigenvalue weighted by Crippen LogP contribution is 2.36. The number of aryl methyl sites for hydroxylation is 1. The van der Waals surface area contributed by atoms with Crippen LogP contribution in [0.4, 0.5) is 0 Å². The molecule has 23 heavy (non-hydrogen) atoms. The quantitative estimate of drug-likeness (QED) is 0.925. The number of carbonyl (C=O) groups excluding carboxylic acids is 1. The highest BCUT2D eigenvalue weighted by Gasteiger charge is 2.38. The van der Waals surface area contributed by atoms with Gasteiger partial charge in [-0.25, -0.2) is 0 Å². The normalized spacial score (nSPS) is 31.3. The molecular formula is C20H30N2O. The third-order valence-corrected chi connectivity index (χ3v) is 5.70. The molecule has 0 aliphatic carbocycles. The lowest BCUT2D eigenvalue weighted by molar-refractivity contribution is -0.136. The third-order valence-electron chi connectivity index (χ3n) is 5.70. The van der Waals surface area contributed by atoms with Crippen molar-refractivity contribution in [2.45, 2.75) is 52.0 Å². The summed E-state index contributed by atoms with van der Waals surface area (Å²) < 4.78 is 0. The Labute approximate surface area is 140 Å². The van der Waals surface area contributed by atoms with E-state index in [-0.39, 0.29) is 11.3 Å². The molecule has 2 saturated heterocycles. The van der Waals surface area contributed by atoms with Crippen LogP contribution in [0.2, 0.25) is 0 Å². The van der Waals surface area contributed by atoms with Gasteiger partial charge in [-0.15, -0.1) is 0 Å². The molecule has 126 valence electrons. The van der Waals surface area contributed by atoms with Gasteiger partial charge < -0.3 is 10.2 Å². The molecule has 2 heterocycles. The van der Waals surface area contributed by atoms with Crippen molar-refractivity contribution in [3.05, 3.63) is 35.9 Å². The van der Waals surface area contributed by atoms with Crippen molar-refractivity contribution in [2.75, 3.05) is 19.6 Å². The first-order chi connectivity index (χ1) is 11.1. The average molecular weight is 314 g/mol. The van der Waals surface area contributed by atoms with E-state index in [2.05, 4.69) is 54.4 Å². The minimum atomic E-state index is 0.239. The molecule has 2 aliphatic rings. The number of likely N-dealkylation sites (tertiary alicyclic amines) is 1. The van der Waals surface area contributed by atoms with Crippen LogP contribution >= 0.6 is 0 Å². The van der Waals surface area contributed by atoms with Gasteiger partial charge in [-0.3, -0.25) is 4.79 Å². The number of amides is 1. The SMILES string of the molecule is C[C@H]1C[C@@H](C(=O)N2CCC(C)(CCc3ccccc3)C2)CCN1. The van der Waals surface area contributed by atoms with Gasteiger partial charge in [0.15, 0.2) is 0 Å². The molecule has 1 unspecified atom stereocenters. The first kappa shape index (κ1) is 16.5. The predicted octanol–water partition coefficient (Wildman–Crippen LogP) is 3.25. The van der Waals surface area contributed by atoms with Gasteiger partial charge in [0.05, 0.1) is 0 Å². The monoisotopic (exact) mass is 314 g/mol. The van der Waals surface area contributed by atoms with Gasteiger partial charge >= 0.3 is 0 Å². The Morgan fingerprint density at radius 2 is 2.13 bits per heavy atom. The van der Waals surface area contributed by atoms with Crippen LogP contribution in [0.3, 0.4) is 0 Å². The van der Waals surface area contributed by atoms with Crippen molar-refractivity contribution in [3.63, 3.8) is 0 Å². The first-order valence-corrected chi connectivity index (χ1v) is 9.12. The van der Waals surface area contributed by atoms with E-state index in [4.69, 9.17) is 0 Å². The Bertz CT molecular complexity index is 530. The largest absolute Gasteiger partial charge is 0.342 e. The molecule has 0 radical (unpaired) electrons. The summed E-state index contributed by atoms with van der Waals surface area (Å²) in [6.07, 6.45) is 5.43.